The molecule has 1 amide bonds. The number of carbonyl (C=O) groups excluding carboxylic acids is 1. The van der Waals surface area contributed by atoms with Gasteiger partial charge in [-0.15, -0.1) is 0 Å². The molecule has 0 unspecified atom stereocenters. The Morgan fingerprint density at radius 2 is 1.56 bits per heavy atom. The fourth-order valence-corrected chi connectivity index (χ4v) is 5.42. The SMILES string of the molecule is CCOc1cc(/C=N\NC(=O)CN(c2ccc(C)c(C)c2)S(=O)(=O)c2ccccc2)ccc1OCc1ccccc1. The van der Waals surface area contributed by atoms with E-state index in [1.807, 2.05) is 57.2 Å². The van der Waals surface area contributed by atoms with Crippen molar-refractivity contribution < 1.29 is 22.7 Å². The van der Waals surface area contributed by atoms with E-state index in [0.29, 0.717) is 36.0 Å². The molecule has 9 heteroatoms. The van der Waals surface area contributed by atoms with Gasteiger partial charge in [0.25, 0.3) is 15.9 Å². The molecule has 0 radical (unpaired) electrons. The van der Waals surface area contributed by atoms with Crippen molar-refractivity contribution >= 4 is 27.8 Å². The zero-order valence-corrected chi connectivity index (χ0v) is 24.1. The molecule has 4 rings (SSSR count). The van der Waals surface area contributed by atoms with Gasteiger partial charge in [-0.05, 0) is 85.5 Å². The molecule has 0 atom stereocenters. The number of anilines is 1. The van der Waals surface area contributed by atoms with E-state index in [-0.39, 0.29) is 4.90 Å². The summed E-state index contributed by atoms with van der Waals surface area (Å²) in [4.78, 5) is 13.0. The van der Waals surface area contributed by atoms with Crippen LogP contribution < -0.4 is 19.2 Å². The Kier molecular flexibility index (Phi) is 9.76. The summed E-state index contributed by atoms with van der Waals surface area (Å²) in [7, 11) is -4.01. The largest absolute Gasteiger partial charge is 0.490 e. The maximum absolute atomic E-state index is 13.5. The van der Waals surface area contributed by atoms with Crippen LogP contribution in [0.2, 0.25) is 0 Å². The van der Waals surface area contributed by atoms with Gasteiger partial charge in [0.05, 0.1) is 23.4 Å². The van der Waals surface area contributed by atoms with Gasteiger partial charge in [-0.1, -0.05) is 54.6 Å². The zero-order valence-electron chi connectivity index (χ0n) is 23.3. The summed E-state index contributed by atoms with van der Waals surface area (Å²) in [5.41, 5.74) is 6.47. The second-order valence-electron chi connectivity index (χ2n) is 9.30. The number of hydrogen-bond donors (Lipinski definition) is 1. The number of carbonyl (C=O) groups is 1. The summed E-state index contributed by atoms with van der Waals surface area (Å²) < 4.78 is 39.8. The zero-order chi connectivity index (χ0) is 29.2. The van der Waals surface area contributed by atoms with Gasteiger partial charge in [0.1, 0.15) is 13.2 Å². The molecule has 0 aliphatic rings. The molecular weight excluding hydrogens is 538 g/mol. The molecule has 0 saturated carbocycles. The fourth-order valence-electron chi connectivity index (χ4n) is 3.99. The number of ether oxygens (including phenoxy) is 2. The van der Waals surface area contributed by atoms with Crippen LogP contribution in [0.25, 0.3) is 0 Å². The van der Waals surface area contributed by atoms with Crippen LogP contribution in [0.1, 0.15) is 29.2 Å². The highest BCUT2D eigenvalue weighted by Gasteiger charge is 2.27. The van der Waals surface area contributed by atoms with Crippen molar-refractivity contribution in [3.05, 3.63) is 119 Å². The Hall–Kier alpha value is -4.63. The molecule has 0 bridgehead atoms. The van der Waals surface area contributed by atoms with E-state index >= 15 is 0 Å². The predicted octanol–water partition coefficient (Wildman–Crippen LogP) is 5.63. The van der Waals surface area contributed by atoms with Crippen LogP contribution in [-0.4, -0.2) is 33.7 Å². The quantitative estimate of drug-likeness (QED) is 0.176. The van der Waals surface area contributed by atoms with Crippen LogP contribution in [0.4, 0.5) is 5.69 Å². The van der Waals surface area contributed by atoms with Gasteiger partial charge in [0.15, 0.2) is 11.5 Å². The number of sulfonamides is 1. The fraction of sp³-hybridized carbons (Fsp3) is 0.188. The number of rotatable bonds is 12. The summed E-state index contributed by atoms with van der Waals surface area (Å²) in [6.07, 6.45) is 1.47. The summed E-state index contributed by atoms with van der Waals surface area (Å²) in [6, 6.07) is 28.5. The molecule has 0 fully saturated rings. The van der Waals surface area contributed by atoms with Gasteiger partial charge in [-0.2, -0.15) is 5.10 Å². The standard InChI is InChI=1S/C32H33N3O5S/c1-4-39-31-20-27(16-18-30(31)40-23-26-11-7-5-8-12-26)21-33-34-32(36)22-35(28-17-15-24(2)25(3)19-28)41(37,38)29-13-9-6-10-14-29/h5-21H,4,22-23H2,1-3H3,(H,34,36)/b33-21-. The molecule has 1 N–H and O–H groups in total. The van der Waals surface area contributed by atoms with Crippen molar-refractivity contribution in [2.45, 2.75) is 32.3 Å². The monoisotopic (exact) mass is 571 g/mol. The van der Waals surface area contributed by atoms with Crippen molar-refractivity contribution in [3.63, 3.8) is 0 Å². The third-order valence-electron chi connectivity index (χ3n) is 6.30. The van der Waals surface area contributed by atoms with Crippen molar-refractivity contribution in [2.24, 2.45) is 5.10 Å². The number of benzene rings is 4. The smallest absolute Gasteiger partial charge is 0.264 e. The van der Waals surface area contributed by atoms with E-state index in [1.54, 1.807) is 48.5 Å². The van der Waals surface area contributed by atoms with E-state index in [4.69, 9.17) is 9.47 Å². The van der Waals surface area contributed by atoms with Crippen molar-refractivity contribution in [1.29, 1.82) is 0 Å². The first-order valence-corrected chi connectivity index (χ1v) is 14.6. The lowest BCUT2D eigenvalue weighted by molar-refractivity contribution is -0.119. The van der Waals surface area contributed by atoms with Crippen molar-refractivity contribution in [1.82, 2.24) is 5.43 Å². The second-order valence-corrected chi connectivity index (χ2v) is 11.2. The number of amides is 1. The Morgan fingerprint density at radius 1 is 0.854 bits per heavy atom. The number of nitrogens with zero attached hydrogens (tertiary/aromatic N) is 2. The lowest BCUT2D eigenvalue weighted by Gasteiger charge is -2.24. The molecule has 4 aromatic rings. The normalized spacial score (nSPS) is 11.3. The topological polar surface area (TPSA) is 97.3 Å². The lowest BCUT2D eigenvalue weighted by Crippen LogP contribution is -2.39. The van der Waals surface area contributed by atoms with Crippen LogP contribution in [0, 0.1) is 13.8 Å². The molecule has 0 saturated heterocycles. The van der Waals surface area contributed by atoms with Gasteiger partial charge in [-0.3, -0.25) is 9.10 Å². The molecule has 0 heterocycles. The third kappa shape index (κ3) is 7.73. The number of nitrogens with one attached hydrogen (secondary N) is 1. The number of aryl methyl sites for hydroxylation is 2. The average Bonchev–Trinajstić information content (AvgIpc) is 2.98. The molecule has 212 valence electrons. The van der Waals surface area contributed by atoms with Gasteiger partial charge in [0.2, 0.25) is 0 Å². The Labute approximate surface area is 241 Å². The Morgan fingerprint density at radius 3 is 2.24 bits per heavy atom. The first-order chi connectivity index (χ1) is 19.8. The van der Waals surface area contributed by atoms with Crippen LogP contribution in [0.5, 0.6) is 11.5 Å². The molecule has 0 aliphatic carbocycles. The van der Waals surface area contributed by atoms with Gasteiger partial charge >= 0.3 is 0 Å². The first-order valence-electron chi connectivity index (χ1n) is 13.2. The molecule has 41 heavy (non-hydrogen) atoms. The molecule has 0 aromatic heterocycles. The highest BCUT2D eigenvalue weighted by Crippen LogP contribution is 2.29. The summed E-state index contributed by atoms with van der Waals surface area (Å²) >= 11 is 0. The van der Waals surface area contributed by atoms with Gasteiger partial charge < -0.3 is 9.47 Å². The minimum atomic E-state index is -4.01. The van der Waals surface area contributed by atoms with Crippen LogP contribution in [-0.2, 0) is 21.4 Å². The van der Waals surface area contributed by atoms with Gasteiger partial charge in [0, 0.05) is 0 Å². The number of hydrogen-bond acceptors (Lipinski definition) is 6. The molecular formula is C32H33N3O5S. The van der Waals surface area contributed by atoms with Crippen molar-refractivity contribution in [2.75, 3.05) is 17.5 Å². The second kappa shape index (κ2) is 13.6. The Balaban J connectivity index is 1.48. The third-order valence-corrected chi connectivity index (χ3v) is 8.09. The Bertz CT molecular complexity index is 1610. The minimum Gasteiger partial charge on any atom is -0.490 e. The minimum absolute atomic E-state index is 0.0903. The summed E-state index contributed by atoms with van der Waals surface area (Å²) in [5.74, 6) is 0.549. The van der Waals surface area contributed by atoms with Crippen LogP contribution in [0.3, 0.4) is 0 Å². The van der Waals surface area contributed by atoms with Crippen molar-refractivity contribution in [3.8, 4) is 11.5 Å². The maximum Gasteiger partial charge on any atom is 0.264 e. The van der Waals surface area contributed by atoms with E-state index in [9.17, 15) is 13.2 Å². The maximum atomic E-state index is 13.5. The first kappa shape index (κ1) is 29.4. The summed E-state index contributed by atoms with van der Waals surface area (Å²) in [5, 5.41) is 4.06. The molecule has 4 aromatic carbocycles. The van der Waals surface area contributed by atoms with E-state index in [0.717, 1.165) is 21.0 Å². The molecule has 0 aliphatic heterocycles. The number of hydrazone groups is 1. The van der Waals surface area contributed by atoms with E-state index in [2.05, 4.69) is 10.5 Å². The van der Waals surface area contributed by atoms with Crippen LogP contribution >= 0.6 is 0 Å². The van der Waals surface area contributed by atoms with Crippen LogP contribution in [0.15, 0.2) is 107 Å². The highest BCUT2D eigenvalue weighted by atomic mass is 32.2. The average molecular weight is 572 g/mol. The summed E-state index contributed by atoms with van der Waals surface area (Å²) in [6.45, 7) is 6.11. The lowest BCUT2D eigenvalue weighted by atomic mass is 10.1. The van der Waals surface area contributed by atoms with Gasteiger partial charge in [-0.25, -0.2) is 13.8 Å². The molecule has 8 nitrogen and oxygen atoms in total. The molecule has 0 spiro atoms. The van der Waals surface area contributed by atoms with E-state index < -0.39 is 22.5 Å². The predicted molar refractivity (Wildman–Crippen MR) is 161 cm³/mol. The highest BCUT2D eigenvalue weighted by molar-refractivity contribution is 7.92. The van der Waals surface area contributed by atoms with E-state index in [1.165, 1.54) is 18.3 Å².